The van der Waals surface area contributed by atoms with E-state index < -0.39 is 12.3 Å². The molecule has 1 aliphatic heterocycles. The molecule has 0 aromatic rings. The molecule has 1 heterocycles. The maximum absolute atomic E-state index is 12.6. The fourth-order valence-electron chi connectivity index (χ4n) is 1.12. The van der Waals surface area contributed by atoms with Gasteiger partial charge in [-0.3, -0.25) is 0 Å². The predicted molar refractivity (Wildman–Crippen MR) is 34.3 cm³/mol. The van der Waals surface area contributed by atoms with E-state index in [2.05, 4.69) is 5.32 Å². The zero-order chi connectivity index (χ0) is 7.56. The fourth-order valence-corrected chi connectivity index (χ4v) is 1.12. The van der Waals surface area contributed by atoms with Crippen LogP contribution < -0.4 is 5.32 Å². The van der Waals surface area contributed by atoms with Gasteiger partial charge in [-0.1, -0.05) is 0 Å². The summed E-state index contributed by atoms with van der Waals surface area (Å²) in [6, 6.07) is 0. The molecule has 0 radical (unpaired) electrons. The van der Waals surface area contributed by atoms with E-state index in [1.807, 2.05) is 0 Å². The molecule has 10 heavy (non-hydrogen) atoms. The van der Waals surface area contributed by atoms with Crippen LogP contribution >= 0.6 is 0 Å². The highest BCUT2D eigenvalue weighted by molar-refractivity contribution is 4.83. The number of piperidine rings is 1. The Hall–Kier alpha value is -0.190. The maximum atomic E-state index is 12.6. The summed E-state index contributed by atoms with van der Waals surface area (Å²) in [6.45, 7) is 0.532. The van der Waals surface area contributed by atoms with Gasteiger partial charge >= 0.3 is 0 Å². The summed E-state index contributed by atoms with van der Waals surface area (Å²) in [5, 5.41) is 20.4. The normalized spacial score (nSPS) is 41.7. The van der Waals surface area contributed by atoms with Crippen LogP contribution in [-0.4, -0.2) is 42.2 Å². The zero-order valence-corrected chi connectivity index (χ0v) is 5.63. The Morgan fingerprint density at radius 2 is 2.20 bits per heavy atom. The molecule has 0 amide bonds. The van der Waals surface area contributed by atoms with Crippen molar-refractivity contribution in [1.82, 2.24) is 5.32 Å². The number of aliphatic hydroxyl groups excluding tert-OH is 2. The van der Waals surface area contributed by atoms with Gasteiger partial charge in [0.05, 0.1) is 6.10 Å². The molecule has 0 aliphatic carbocycles. The molecule has 4 heteroatoms. The Morgan fingerprint density at radius 3 is 2.70 bits per heavy atom. The van der Waals surface area contributed by atoms with Gasteiger partial charge in [-0.15, -0.1) is 0 Å². The second kappa shape index (κ2) is 3.27. The number of rotatable bonds is 1. The zero-order valence-electron chi connectivity index (χ0n) is 5.63. The Labute approximate surface area is 58.9 Å². The molecule has 60 valence electrons. The number of hydrogen-bond donors (Lipinski definition) is 3. The van der Waals surface area contributed by atoms with E-state index in [0.29, 0.717) is 6.54 Å². The molecule has 1 fully saturated rings. The number of halogens is 1. The third-order valence-electron chi connectivity index (χ3n) is 1.83. The van der Waals surface area contributed by atoms with E-state index >= 15 is 0 Å². The van der Waals surface area contributed by atoms with Gasteiger partial charge in [0.15, 0.2) is 0 Å². The molecule has 0 aromatic carbocycles. The van der Waals surface area contributed by atoms with Gasteiger partial charge in [0.2, 0.25) is 0 Å². The Balaban J connectivity index is 2.42. The van der Waals surface area contributed by atoms with Crippen LogP contribution in [0.25, 0.3) is 0 Å². The molecule has 1 aliphatic rings. The van der Waals surface area contributed by atoms with Gasteiger partial charge < -0.3 is 15.5 Å². The quantitative estimate of drug-likeness (QED) is 0.443. The molecule has 0 saturated carbocycles. The van der Waals surface area contributed by atoms with E-state index in [1.165, 1.54) is 0 Å². The topological polar surface area (TPSA) is 52.5 Å². The third kappa shape index (κ3) is 1.45. The molecule has 0 aromatic heterocycles. The minimum Gasteiger partial charge on any atom is -0.396 e. The summed E-state index contributed by atoms with van der Waals surface area (Å²) in [6.07, 6.45) is -2.22. The van der Waals surface area contributed by atoms with Gasteiger partial charge in [-0.25, -0.2) is 4.39 Å². The molecular formula is C6H12FNO2. The van der Waals surface area contributed by atoms with Crippen molar-refractivity contribution in [2.24, 2.45) is 5.92 Å². The van der Waals surface area contributed by atoms with E-state index in [0.717, 1.165) is 0 Å². The summed E-state index contributed by atoms with van der Waals surface area (Å²) in [7, 11) is 0. The van der Waals surface area contributed by atoms with Crippen molar-refractivity contribution in [3.63, 3.8) is 0 Å². The predicted octanol–water partition coefficient (Wildman–Crippen LogP) is -1.10. The van der Waals surface area contributed by atoms with Crippen molar-refractivity contribution in [2.75, 3.05) is 19.7 Å². The van der Waals surface area contributed by atoms with Crippen LogP contribution in [-0.2, 0) is 0 Å². The van der Waals surface area contributed by atoms with E-state index in [-0.39, 0.29) is 19.1 Å². The van der Waals surface area contributed by atoms with Gasteiger partial charge in [0.25, 0.3) is 0 Å². The molecule has 0 spiro atoms. The molecule has 3 unspecified atom stereocenters. The monoisotopic (exact) mass is 149 g/mol. The second-order valence-corrected chi connectivity index (χ2v) is 2.61. The maximum Gasteiger partial charge on any atom is 0.139 e. The van der Waals surface area contributed by atoms with Crippen LogP contribution in [0, 0.1) is 5.92 Å². The number of hydrogen-bond acceptors (Lipinski definition) is 3. The highest BCUT2D eigenvalue weighted by Crippen LogP contribution is 2.13. The smallest absolute Gasteiger partial charge is 0.139 e. The first-order valence-electron chi connectivity index (χ1n) is 3.39. The van der Waals surface area contributed by atoms with Crippen LogP contribution in [0.5, 0.6) is 0 Å². The van der Waals surface area contributed by atoms with Crippen molar-refractivity contribution in [2.45, 2.75) is 12.3 Å². The number of aliphatic hydroxyl groups is 2. The molecule has 1 rings (SSSR count). The summed E-state index contributed by atoms with van der Waals surface area (Å²) in [5.41, 5.74) is 0. The second-order valence-electron chi connectivity index (χ2n) is 2.61. The van der Waals surface area contributed by atoms with Crippen molar-refractivity contribution in [3.8, 4) is 0 Å². The SMILES string of the molecule is OCC1CNCC(F)C1O. The number of nitrogens with one attached hydrogen (secondary N) is 1. The molecule has 1 saturated heterocycles. The minimum absolute atomic E-state index is 0.158. The van der Waals surface area contributed by atoms with Gasteiger partial charge in [0.1, 0.15) is 6.17 Å². The Morgan fingerprint density at radius 1 is 1.50 bits per heavy atom. The summed E-state index contributed by atoms with van der Waals surface area (Å²) in [4.78, 5) is 0. The molecule has 3 N–H and O–H groups in total. The van der Waals surface area contributed by atoms with Crippen molar-refractivity contribution in [1.29, 1.82) is 0 Å². The minimum atomic E-state index is -1.23. The third-order valence-corrected chi connectivity index (χ3v) is 1.83. The van der Waals surface area contributed by atoms with Crippen molar-refractivity contribution >= 4 is 0 Å². The first kappa shape index (κ1) is 7.91. The lowest BCUT2D eigenvalue weighted by Crippen LogP contribution is -2.49. The highest BCUT2D eigenvalue weighted by atomic mass is 19.1. The summed E-state index contributed by atoms with van der Waals surface area (Å²) in [5.74, 6) is -0.344. The average Bonchev–Trinajstić information content (AvgIpc) is 1.95. The Bertz CT molecular complexity index is 112. The first-order valence-corrected chi connectivity index (χ1v) is 3.39. The summed E-state index contributed by atoms with van der Waals surface area (Å²) >= 11 is 0. The van der Waals surface area contributed by atoms with E-state index in [4.69, 9.17) is 10.2 Å². The van der Waals surface area contributed by atoms with Crippen LogP contribution in [0.3, 0.4) is 0 Å². The average molecular weight is 149 g/mol. The molecule has 3 nitrogen and oxygen atoms in total. The first-order chi connectivity index (χ1) is 4.75. The van der Waals surface area contributed by atoms with Gasteiger partial charge in [-0.05, 0) is 0 Å². The fraction of sp³-hybridized carbons (Fsp3) is 1.00. The molecule has 0 bridgehead atoms. The number of alkyl halides is 1. The van der Waals surface area contributed by atoms with Gasteiger partial charge in [0, 0.05) is 25.6 Å². The van der Waals surface area contributed by atoms with E-state index in [1.54, 1.807) is 0 Å². The largest absolute Gasteiger partial charge is 0.396 e. The lowest BCUT2D eigenvalue weighted by atomic mass is 9.96. The van der Waals surface area contributed by atoms with Crippen LogP contribution in [0.2, 0.25) is 0 Å². The molecule has 3 atom stereocenters. The Kier molecular flexibility index (Phi) is 2.59. The van der Waals surface area contributed by atoms with Gasteiger partial charge in [-0.2, -0.15) is 0 Å². The van der Waals surface area contributed by atoms with Crippen LogP contribution in [0.1, 0.15) is 0 Å². The van der Waals surface area contributed by atoms with Crippen LogP contribution in [0.4, 0.5) is 4.39 Å². The van der Waals surface area contributed by atoms with Crippen molar-refractivity contribution in [3.05, 3.63) is 0 Å². The standard InChI is InChI=1S/C6H12FNO2/c7-5-2-8-1-4(3-9)6(5)10/h4-6,8-10H,1-3H2. The lowest BCUT2D eigenvalue weighted by Gasteiger charge is -2.29. The lowest BCUT2D eigenvalue weighted by molar-refractivity contribution is -0.0122. The molecular weight excluding hydrogens is 137 g/mol. The van der Waals surface area contributed by atoms with E-state index in [9.17, 15) is 4.39 Å². The highest BCUT2D eigenvalue weighted by Gasteiger charge is 2.30. The van der Waals surface area contributed by atoms with Crippen molar-refractivity contribution < 1.29 is 14.6 Å². The summed E-state index contributed by atoms with van der Waals surface area (Å²) < 4.78 is 12.6. The van der Waals surface area contributed by atoms with Crippen LogP contribution in [0.15, 0.2) is 0 Å².